The standard InChI is InChI=1S/C11H17NO2/c1-3-4-5-6-10(13)11(2)8-14-7-9(11)12/h9H,5-8,12H2,1-2H3. The molecule has 0 saturated carbocycles. The normalized spacial score (nSPS) is 30.9. The summed E-state index contributed by atoms with van der Waals surface area (Å²) >= 11 is 0. The van der Waals surface area contributed by atoms with Gasteiger partial charge in [-0.05, 0) is 13.8 Å². The Hall–Kier alpha value is -0.850. The number of rotatable bonds is 3. The maximum Gasteiger partial charge on any atom is 0.143 e. The number of carbonyl (C=O) groups is 1. The second kappa shape index (κ2) is 4.59. The monoisotopic (exact) mass is 195 g/mol. The Morgan fingerprint density at radius 1 is 1.71 bits per heavy atom. The van der Waals surface area contributed by atoms with E-state index in [4.69, 9.17) is 10.5 Å². The molecule has 2 unspecified atom stereocenters. The van der Waals surface area contributed by atoms with E-state index in [2.05, 4.69) is 11.8 Å². The Morgan fingerprint density at radius 3 is 2.93 bits per heavy atom. The third-order valence-electron chi connectivity index (χ3n) is 2.81. The van der Waals surface area contributed by atoms with Gasteiger partial charge in [-0.3, -0.25) is 4.79 Å². The summed E-state index contributed by atoms with van der Waals surface area (Å²) in [7, 11) is 0. The van der Waals surface area contributed by atoms with Crippen LogP contribution < -0.4 is 5.73 Å². The van der Waals surface area contributed by atoms with Gasteiger partial charge in [0.2, 0.25) is 0 Å². The van der Waals surface area contributed by atoms with Crippen LogP contribution in [0.25, 0.3) is 0 Å². The van der Waals surface area contributed by atoms with Gasteiger partial charge >= 0.3 is 0 Å². The highest BCUT2D eigenvalue weighted by Gasteiger charge is 2.43. The predicted octanol–water partition coefficient (Wildman–Crippen LogP) is 0.723. The average molecular weight is 195 g/mol. The second-order valence-electron chi connectivity index (χ2n) is 3.89. The molecule has 0 bridgehead atoms. The van der Waals surface area contributed by atoms with Crippen molar-refractivity contribution in [1.29, 1.82) is 0 Å². The Bertz CT molecular complexity index is 277. The van der Waals surface area contributed by atoms with Crippen molar-refractivity contribution in [2.45, 2.75) is 32.7 Å². The second-order valence-corrected chi connectivity index (χ2v) is 3.89. The van der Waals surface area contributed by atoms with Crippen molar-refractivity contribution < 1.29 is 9.53 Å². The minimum Gasteiger partial charge on any atom is -0.379 e. The molecule has 0 aliphatic carbocycles. The molecule has 3 nitrogen and oxygen atoms in total. The molecule has 2 N–H and O–H groups in total. The molecule has 1 rings (SSSR count). The predicted molar refractivity (Wildman–Crippen MR) is 54.6 cm³/mol. The lowest BCUT2D eigenvalue weighted by molar-refractivity contribution is -0.128. The summed E-state index contributed by atoms with van der Waals surface area (Å²) in [5.74, 6) is 5.83. The van der Waals surface area contributed by atoms with E-state index in [1.165, 1.54) is 0 Å². The highest BCUT2D eigenvalue weighted by atomic mass is 16.5. The van der Waals surface area contributed by atoms with Crippen LogP contribution in [0.15, 0.2) is 0 Å². The van der Waals surface area contributed by atoms with Crippen LogP contribution in [0.1, 0.15) is 26.7 Å². The summed E-state index contributed by atoms with van der Waals surface area (Å²) in [5.41, 5.74) is 5.35. The van der Waals surface area contributed by atoms with Crippen molar-refractivity contribution in [3.8, 4) is 11.8 Å². The first-order valence-corrected chi connectivity index (χ1v) is 4.87. The number of nitrogens with two attached hydrogens (primary N) is 1. The summed E-state index contributed by atoms with van der Waals surface area (Å²) in [6, 6.07) is -0.162. The van der Waals surface area contributed by atoms with Crippen LogP contribution in [-0.2, 0) is 9.53 Å². The van der Waals surface area contributed by atoms with Crippen molar-refractivity contribution in [2.75, 3.05) is 13.2 Å². The molecule has 1 aliphatic heterocycles. The molecule has 0 radical (unpaired) electrons. The topological polar surface area (TPSA) is 52.3 Å². The minimum absolute atomic E-state index is 0.162. The van der Waals surface area contributed by atoms with Gasteiger partial charge < -0.3 is 10.5 Å². The average Bonchev–Trinajstić information content (AvgIpc) is 2.49. The summed E-state index contributed by atoms with van der Waals surface area (Å²) in [6.45, 7) is 4.59. The summed E-state index contributed by atoms with van der Waals surface area (Å²) < 4.78 is 5.22. The van der Waals surface area contributed by atoms with Crippen molar-refractivity contribution in [2.24, 2.45) is 11.1 Å². The molecule has 14 heavy (non-hydrogen) atoms. The van der Waals surface area contributed by atoms with E-state index in [9.17, 15) is 4.79 Å². The summed E-state index contributed by atoms with van der Waals surface area (Å²) in [6.07, 6.45) is 1.10. The molecular formula is C11H17NO2. The van der Waals surface area contributed by atoms with Crippen LogP contribution in [0.2, 0.25) is 0 Å². The van der Waals surface area contributed by atoms with Gasteiger partial charge in [0.25, 0.3) is 0 Å². The number of carbonyl (C=O) groups excluding carboxylic acids is 1. The lowest BCUT2D eigenvalue weighted by Crippen LogP contribution is -2.44. The number of Topliss-reactive ketones (excluding diaryl/α,β-unsaturated/α-hetero) is 1. The van der Waals surface area contributed by atoms with Gasteiger partial charge in [0, 0.05) is 18.9 Å². The molecule has 0 aromatic rings. The maximum absolute atomic E-state index is 11.8. The van der Waals surface area contributed by atoms with E-state index in [1.54, 1.807) is 6.92 Å². The van der Waals surface area contributed by atoms with E-state index < -0.39 is 5.41 Å². The molecule has 0 spiro atoms. The van der Waals surface area contributed by atoms with E-state index in [0.29, 0.717) is 26.1 Å². The van der Waals surface area contributed by atoms with Crippen LogP contribution in [-0.4, -0.2) is 25.0 Å². The van der Waals surface area contributed by atoms with Crippen LogP contribution >= 0.6 is 0 Å². The Labute approximate surface area is 85.0 Å². The molecule has 78 valence electrons. The van der Waals surface area contributed by atoms with Crippen molar-refractivity contribution in [1.82, 2.24) is 0 Å². The lowest BCUT2D eigenvalue weighted by atomic mass is 9.80. The molecule has 0 amide bonds. The molecule has 1 saturated heterocycles. The highest BCUT2D eigenvalue weighted by molar-refractivity contribution is 5.85. The molecule has 1 aliphatic rings. The van der Waals surface area contributed by atoms with Crippen LogP contribution in [0.4, 0.5) is 0 Å². The molecule has 0 aromatic heterocycles. The van der Waals surface area contributed by atoms with Gasteiger partial charge in [0.15, 0.2) is 0 Å². The maximum atomic E-state index is 11.8. The highest BCUT2D eigenvalue weighted by Crippen LogP contribution is 2.29. The first-order chi connectivity index (χ1) is 6.61. The number of ether oxygens (including phenoxy) is 1. The fraction of sp³-hybridized carbons (Fsp3) is 0.727. The summed E-state index contributed by atoms with van der Waals surface area (Å²) in [4.78, 5) is 11.8. The van der Waals surface area contributed by atoms with Crippen molar-refractivity contribution in [3.63, 3.8) is 0 Å². The number of hydrogen-bond acceptors (Lipinski definition) is 3. The summed E-state index contributed by atoms with van der Waals surface area (Å²) in [5, 5.41) is 0. The minimum atomic E-state index is -0.491. The number of ketones is 1. The molecule has 1 fully saturated rings. The van der Waals surface area contributed by atoms with E-state index in [-0.39, 0.29) is 11.8 Å². The molecular weight excluding hydrogens is 178 g/mol. The van der Waals surface area contributed by atoms with Crippen LogP contribution in [0.3, 0.4) is 0 Å². The Morgan fingerprint density at radius 2 is 2.43 bits per heavy atom. The lowest BCUT2D eigenvalue weighted by Gasteiger charge is -2.24. The Kier molecular flexibility index (Phi) is 3.68. The van der Waals surface area contributed by atoms with Crippen LogP contribution in [0.5, 0.6) is 0 Å². The smallest absolute Gasteiger partial charge is 0.143 e. The first-order valence-electron chi connectivity index (χ1n) is 4.87. The van der Waals surface area contributed by atoms with Gasteiger partial charge in [0.1, 0.15) is 5.78 Å². The zero-order valence-electron chi connectivity index (χ0n) is 8.80. The fourth-order valence-corrected chi connectivity index (χ4v) is 1.56. The van der Waals surface area contributed by atoms with E-state index in [1.807, 2.05) is 6.92 Å². The largest absolute Gasteiger partial charge is 0.379 e. The van der Waals surface area contributed by atoms with Gasteiger partial charge in [-0.15, -0.1) is 11.8 Å². The van der Waals surface area contributed by atoms with Crippen molar-refractivity contribution in [3.05, 3.63) is 0 Å². The SMILES string of the molecule is CC#CCCC(=O)C1(C)COCC1N. The zero-order chi connectivity index (χ0) is 10.6. The van der Waals surface area contributed by atoms with Gasteiger partial charge in [-0.1, -0.05) is 0 Å². The van der Waals surface area contributed by atoms with Gasteiger partial charge in [0.05, 0.1) is 18.6 Å². The van der Waals surface area contributed by atoms with E-state index in [0.717, 1.165) is 0 Å². The van der Waals surface area contributed by atoms with E-state index >= 15 is 0 Å². The molecule has 2 atom stereocenters. The number of hydrogen-bond donors (Lipinski definition) is 1. The third-order valence-corrected chi connectivity index (χ3v) is 2.81. The Balaban J connectivity index is 2.53. The molecule has 1 heterocycles. The van der Waals surface area contributed by atoms with Crippen LogP contribution in [0, 0.1) is 17.3 Å². The fourth-order valence-electron chi connectivity index (χ4n) is 1.56. The quantitative estimate of drug-likeness (QED) is 0.675. The molecule has 3 heteroatoms. The van der Waals surface area contributed by atoms with Gasteiger partial charge in [-0.25, -0.2) is 0 Å². The zero-order valence-corrected chi connectivity index (χ0v) is 8.80. The van der Waals surface area contributed by atoms with Crippen molar-refractivity contribution >= 4 is 5.78 Å². The third kappa shape index (κ3) is 2.14. The van der Waals surface area contributed by atoms with Gasteiger partial charge in [-0.2, -0.15) is 0 Å². The first kappa shape index (κ1) is 11.2. The molecule has 0 aromatic carbocycles.